The van der Waals surface area contributed by atoms with Gasteiger partial charge in [0.05, 0.1) is 6.61 Å². The van der Waals surface area contributed by atoms with Crippen molar-refractivity contribution in [1.82, 2.24) is 20.2 Å². The summed E-state index contributed by atoms with van der Waals surface area (Å²) in [5.74, 6) is 2.16. The number of benzene rings is 2. The number of aryl methyl sites for hydroxylation is 2. The van der Waals surface area contributed by atoms with Gasteiger partial charge in [0, 0.05) is 13.1 Å². The molecule has 2 aromatic carbocycles. The van der Waals surface area contributed by atoms with E-state index in [4.69, 9.17) is 9.47 Å². The van der Waals surface area contributed by atoms with Crippen LogP contribution in [0.4, 0.5) is 5.95 Å². The van der Waals surface area contributed by atoms with Crippen LogP contribution >= 0.6 is 0 Å². The zero-order chi connectivity index (χ0) is 20.5. The van der Waals surface area contributed by atoms with Crippen molar-refractivity contribution in [3.05, 3.63) is 59.2 Å². The van der Waals surface area contributed by atoms with E-state index in [-0.39, 0.29) is 0 Å². The van der Waals surface area contributed by atoms with Crippen molar-refractivity contribution in [2.75, 3.05) is 11.9 Å². The molecule has 0 fully saturated rings. The van der Waals surface area contributed by atoms with Crippen LogP contribution in [-0.2, 0) is 19.7 Å². The average Bonchev–Trinajstić information content (AvgIpc) is 3.17. The van der Waals surface area contributed by atoms with Crippen LogP contribution in [0.5, 0.6) is 11.5 Å². The Morgan fingerprint density at radius 2 is 1.90 bits per heavy atom. The number of tetrazole rings is 1. The molecule has 7 heteroatoms. The van der Waals surface area contributed by atoms with Gasteiger partial charge in [0.25, 0.3) is 0 Å². The molecule has 0 atom stereocenters. The molecule has 1 N–H and O–H groups in total. The van der Waals surface area contributed by atoms with Crippen LogP contribution in [-0.4, -0.2) is 26.8 Å². The first kappa shape index (κ1) is 20.6. The van der Waals surface area contributed by atoms with Gasteiger partial charge in [0.2, 0.25) is 5.95 Å². The first-order valence-corrected chi connectivity index (χ1v) is 10.1. The normalized spacial score (nSPS) is 10.7. The Kier molecular flexibility index (Phi) is 7.44. The molecule has 1 aromatic heterocycles. The van der Waals surface area contributed by atoms with Crippen molar-refractivity contribution in [3.63, 3.8) is 0 Å². The summed E-state index contributed by atoms with van der Waals surface area (Å²) in [5.41, 5.74) is 3.43. The molecule has 0 unspecified atom stereocenters. The Balaban J connectivity index is 1.65. The van der Waals surface area contributed by atoms with E-state index in [1.807, 2.05) is 31.2 Å². The average molecular weight is 396 g/mol. The molecule has 0 spiro atoms. The molecule has 0 bridgehead atoms. The minimum absolute atomic E-state index is 0.506. The zero-order valence-electron chi connectivity index (χ0n) is 17.4. The molecule has 3 rings (SSSR count). The Bertz CT molecular complexity index is 910. The van der Waals surface area contributed by atoms with E-state index in [9.17, 15) is 0 Å². The molecule has 1 heterocycles. The third-order valence-electron chi connectivity index (χ3n) is 4.49. The highest BCUT2D eigenvalue weighted by Gasteiger charge is 2.09. The third-order valence-corrected chi connectivity index (χ3v) is 4.49. The summed E-state index contributed by atoms with van der Waals surface area (Å²) >= 11 is 0. The van der Waals surface area contributed by atoms with E-state index in [0.717, 1.165) is 42.0 Å². The highest BCUT2D eigenvalue weighted by atomic mass is 16.5. The third kappa shape index (κ3) is 5.94. The van der Waals surface area contributed by atoms with Crippen molar-refractivity contribution in [1.29, 1.82) is 0 Å². The van der Waals surface area contributed by atoms with Gasteiger partial charge in [-0.05, 0) is 54.0 Å². The van der Waals surface area contributed by atoms with Gasteiger partial charge in [-0.3, -0.25) is 0 Å². The van der Waals surface area contributed by atoms with E-state index in [0.29, 0.717) is 25.7 Å². The number of unbranched alkanes of at least 4 members (excludes halogenated alkanes) is 1. The van der Waals surface area contributed by atoms with E-state index < -0.39 is 0 Å². The Morgan fingerprint density at radius 1 is 1.00 bits per heavy atom. The summed E-state index contributed by atoms with van der Waals surface area (Å²) in [6, 6.07) is 14.3. The number of aromatic nitrogens is 4. The molecule has 0 saturated carbocycles. The van der Waals surface area contributed by atoms with Crippen molar-refractivity contribution >= 4 is 5.95 Å². The molecule has 0 saturated heterocycles. The number of nitrogens with zero attached hydrogens (tertiary/aromatic N) is 4. The highest BCUT2D eigenvalue weighted by molar-refractivity contribution is 5.44. The number of hydrogen-bond acceptors (Lipinski definition) is 6. The van der Waals surface area contributed by atoms with Crippen LogP contribution < -0.4 is 14.8 Å². The first-order chi connectivity index (χ1) is 14.2. The number of anilines is 1. The molecule has 0 amide bonds. The molecule has 0 radical (unpaired) electrons. The lowest BCUT2D eigenvalue weighted by atomic mass is 10.1. The smallest absolute Gasteiger partial charge is 0.243 e. The minimum atomic E-state index is 0.506. The van der Waals surface area contributed by atoms with Crippen LogP contribution in [0.15, 0.2) is 42.5 Å². The topological polar surface area (TPSA) is 74.1 Å². The standard InChI is InChI=1S/C22H29N5O2/c1-4-6-12-27-22(24-25-26-27)23-15-18-10-11-20(21(14-18)28-5-2)29-16-19-9-7-8-17(3)13-19/h7-11,13-14H,4-6,12,15-16H2,1-3H3,(H,23,24,26). The van der Waals surface area contributed by atoms with Crippen LogP contribution in [0.25, 0.3) is 0 Å². The molecule has 0 aliphatic carbocycles. The quantitative estimate of drug-likeness (QED) is 0.520. The maximum absolute atomic E-state index is 6.02. The summed E-state index contributed by atoms with van der Waals surface area (Å²) in [7, 11) is 0. The lowest BCUT2D eigenvalue weighted by molar-refractivity contribution is 0.269. The van der Waals surface area contributed by atoms with Gasteiger partial charge in [0.1, 0.15) is 6.61 Å². The predicted molar refractivity (Wildman–Crippen MR) is 113 cm³/mol. The second-order valence-electron chi connectivity index (χ2n) is 6.92. The maximum Gasteiger partial charge on any atom is 0.243 e. The molecule has 7 nitrogen and oxygen atoms in total. The summed E-state index contributed by atoms with van der Waals surface area (Å²) < 4.78 is 13.6. The van der Waals surface area contributed by atoms with Crippen molar-refractivity contribution in [2.24, 2.45) is 0 Å². The summed E-state index contributed by atoms with van der Waals surface area (Å²) in [6.45, 7) is 8.69. The molecule has 154 valence electrons. The fourth-order valence-electron chi connectivity index (χ4n) is 2.98. The highest BCUT2D eigenvalue weighted by Crippen LogP contribution is 2.29. The van der Waals surface area contributed by atoms with E-state index in [1.165, 1.54) is 5.56 Å². The van der Waals surface area contributed by atoms with Crippen LogP contribution in [0.1, 0.15) is 43.4 Å². The van der Waals surface area contributed by atoms with Gasteiger partial charge in [0.15, 0.2) is 11.5 Å². The summed E-state index contributed by atoms with van der Waals surface area (Å²) in [6.07, 6.45) is 2.14. The Morgan fingerprint density at radius 3 is 2.69 bits per heavy atom. The van der Waals surface area contributed by atoms with Gasteiger partial charge >= 0.3 is 0 Å². The molecule has 3 aromatic rings. The first-order valence-electron chi connectivity index (χ1n) is 10.1. The van der Waals surface area contributed by atoms with Gasteiger partial charge in [-0.25, -0.2) is 4.68 Å². The molecular formula is C22H29N5O2. The summed E-state index contributed by atoms with van der Waals surface area (Å²) in [4.78, 5) is 0. The van der Waals surface area contributed by atoms with Crippen LogP contribution in [0, 0.1) is 6.92 Å². The molecular weight excluding hydrogens is 366 g/mol. The van der Waals surface area contributed by atoms with Crippen LogP contribution in [0.2, 0.25) is 0 Å². The second kappa shape index (κ2) is 10.5. The predicted octanol–water partition coefficient (Wildman–Crippen LogP) is 4.37. The van der Waals surface area contributed by atoms with Crippen molar-refractivity contribution in [3.8, 4) is 11.5 Å². The summed E-state index contributed by atoms with van der Waals surface area (Å²) in [5, 5.41) is 15.2. The lowest BCUT2D eigenvalue weighted by Crippen LogP contribution is -2.09. The largest absolute Gasteiger partial charge is 0.490 e. The SMILES string of the molecule is CCCCn1nnnc1NCc1ccc(OCc2cccc(C)c2)c(OCC)c1. The number of hydrogen-bond donors (Lipinski definition) is 1. The van der Waals surface area contributed by atoms with Gasteiger partial charge in [-0.2, -0.15) is 0 Å². The van der Waals surface area contributed by atoms with Gasteiger partial charge < -0.3 is 14.8 Å². The number of ether oxygens (including phenoxy) is 2. The van der Waals surface area contributed by atoms with E-state index in [1.54, 1.807) is 4.68 Å². The second-order valence-corrected chi connectivity index (χ2v) is 6.92. The maximum atomic E-state index is 6.02. The van der Waals surface area contributed by atoms with Crippen molar-refractivity contribution in [2.45, 2.75) is 53.3 Å². The fourth-order valence-corrected chi connectivity index (χ4v) is 2.98. The van der Waals surface area contributed by atoms with Gasteiger partial charge in [-0.15, -0.1) is 0 Å². The number of nitrogens with one attached hydrogen (secondary N) is 1. The lowest BCUT2D eigenvalue weighted by Gasteiger charge is -2.14. The van der Waals surface area contributed by atoms with Gasteiger partial charge in [-0.1, -0.05) is 54.3 Å². The van der Waals surface area contributed by atoms with Crippen LogP contribution in [0.3, 0.4) is 0 Å². The van der Waals surface area contributed by atoms with E-state index in [2.05, 4.69) is 52.9 Å². The van der Waals surface area contributed by atoms with Crippen molar-refractivity contribution < 1.29 is 9.47 Å². The molecule has 29 heavy (non-hydrogen) atoms. The Hall–Kier alpha value is -3.09. The fraction of sp³-hybridized carbons (Fsp3) is 0.409. The molecule has 0 aliphatic heterocycles. The number of rotatable bonds is 11. The monoisotopic (exact) mass is 395 g/mol. The minimum Gasteiger partial charge on any atom is -0.490 e. The Labute approximate surface area is 172 Å². The van der Waals surface area contributed by atoms with E-state index >= 15 is 0 Å². The zero-order valence-corrected chi connectivity index (χ0v) is 17.4. The molecule has 0 aliphatic rings.